The number of aryl methyl sites for hydroxylation is 1. The van der Waals surface area contributed by atoms with Crippen LogP contribution in [-0.4, -0.2) is 40.0 Å². The number of alkyl halides is 2. The predicted octanol–water partition coefficient (Wildman–Crippen LogP) is 0.774. The molecule has 2 heterocycles. The van der Waals surface area contributed by atoms with Gasteiger partial charge in [0.1, 0.15) is 0 Å². The lowest BCUT2D eigenvalue weighted by Crippen LogP contribution is -2.41. The van der Waals surface area contributed by atoms with Gasteiger partial charge >= 0.3 is 0 Å². The third-order valence-electron chi connectivity index (χ3n) is 2.82. The largest absolute Gasteiger partial charge is 0.350 e. The van der Waals surface area contributed by atoms with E-state index in [0.717, 1.165) is 5.56 Å². The number of amides is 1. The second-order valence-corrected chi connectivity index (χ2v) is 4.58. The molecular weight excluding hydrogens is 296 g/mol. The molecule has 3 N–H and O–H groups in total. The summed E-state index contributed by atoms with van der Waals surface area (Å²) in [7, 11) is 0. The summed E-state index contributed by atoms with van der Waals surface area (Å²) in [5.41, 5.74) is 5.61. The molecule has 0 aromatic carbocycles. The number of rotatable bonds is 7. The van der Waals surface area contributed by atoms with Gasteiger partial charge in [0.2, 0.25) is 17.6 Å². The van der Waals surface area contributed by atoms with Crippen molar-refractivity contribution in [1.29, 1.82) is 0 Å². The van der Waals surface area contributed by atoms with Gasteiger partial charge in [-0.25, -0.2) is 8.78 Å². The minimum atomic E-state index is -3.10. The highest BCUT2D eigenvalue weighted by Crippen LogP contribution is 2.14. The Hall–Kier alpha value is -2.42. The standard InChI is InChI=1S/C13H15F2N5O2/c14-13(15,7-16)8-18-10(21)1-2-11-19-12(20-22-11)9-3-5-17-6-4-9/h3-6H,1-2,7-8,16H2,(H,18,21). The third-order valence-corrected chi connectivity index (χ3v) is 2.82. The third kappa shape index (κ3) is 4.55. The summed E-state index contributed by atoms with van der Waals surface area (Å²) in [5.74, 6) is -2.99. The minimum absolute atomic E-state index is 0.0291. The van der Waals surface area contributed by atoms with Crippen LogP contribution in [-0.2, 0) is 11.2 Å². The average Bonchev–Trinajstić information content (AvgIpc) is 3.01. The van der Waals surface area contributed by atoms with Crippen molar-refractivity contribution in [3.05, 3.63) is 30.4 Å². The first-order valence-corrected chi connectivity index (χ1v) is 6.58. The van der Waals surface area contributed by atoms with E-state index in [1.165, 1.54) is 0 Å². The van der Waals surface area contributed by atoms with Crippen LogP contribution in [0.3, 0.4) is 0 Å². The average molecular weight is 311 g/mol. The molecule has 0 unspecified atom stereocenters. The monoisotopic (exact) mass is 311 g/mol. The summed E-state index contributed by atoms with van der Waals surface area (Å²) >= 11 is 0. The first-order chi connectivity index (χ1) is 10.5. The van der Waals surface area contributed by atoms with Crippen LogP contribution in [0, 0.1) is 0 Å². The molecule has 2 aromatic heterocycles. The van der Waals surface area contributed by atoms with Crippen molar-refractivity contribution in [3.8, 4) is 11.4 Å². The molecule has 7 nitrogen and oxygen atoms in total. The molecular formula is C13H15F2N5O2. The molecule has 0 atom stereocenters. The van der Waals surface area contributed by atoms with E-state index in [-0.39, 0.29) is 18.7 Å². The Morgan fingerprint density at radius 1 is 1.36 bits per heavy atom. The topological polar surface area (TPSA) is 107 Å². The molecule has 118 valence electrons. The van der Waals surface area contributed by atoms with Crippen LogP contribution in [0.1, 0.15) is 12.3 Å². The molecule has 0 spiro atoms. The maximum absolute atomic E-state index is 12.9. The number of pyridine rings is 1. The van der Waals surface area contributed by atoms with E-state index in [4.69, 9.17) is 10.3 Å². The molecule has 0 saturated carbocycles. The molecule has 0 saturated heterocycles. The fraction of sp³-hybridized carbons (Fsp3) is 0.385. The summed E-state index contributed by atoms with van der Waals surface area (Å²) in [6.45, 7) is -1.60. The van der Waals surface area contributed by atoms with Gasteiger partial charge in [-0.15, -0.1) is 0 Å². The van der Waals surface area contributed by atoms with Crippen molar-refractivity contribution in [2.75, 3.05) is 13.1 Å². The zero-order valence-electron chi connectivity index (χ0n) is 11.6. The number of carbonyl (C=O) groups excluding carboxylic acids is 1. The van der Waals surface area contributed by atoms with Crippen molar-refractivity contribution < 1.29 is 18.1 Å². The molecule has 2 rings (SSSR count). The molecule has 0 radical (unpaired) electrons. The van der Waals surface area contributed by atoms with Gasteiger partial charge in [0.25, 0.3) is 5.92 Å². The van der Waals surface area contributed by atoms with Crippen molar-refractivity contribution in [2.24, 2.45) is 5.73 Å². The summed E-state index contributed by atoms with van der Waals surface area (Å²) in [6.07, 6.45) is 3.32. The van der Waals surface area contributed by atoms with Crippen LogP contribution < -0.4 is 11.1 Å². The zero-order chi connectivity index (χ0) is 16.0. The summed E-state index contributed by atoms with van der Waals surface area (Å²) in [6, 6.07) is 3.44. The molecule has 0 aliphatic rings. The Labute approximate surface area is 124 Å². The van der Waals surface area contributed by atoms with Gasteiger partial charge in [0.05, 0.1) is 13.1 Å². The van der Waals surface area contributed by atoms with Crippen LogP contribution in [0.15, 0.2) is 29.0 Å². The predicted molar refractivity (Wildman–Crippen MR) is 72.9 cm³/mol. The highest BCUT2D eigenvalue weighted by molar-refractivity contribution is 5.76. The molecule has 0 aliphatic heterocycles. The minimum Gasteiger partial charge on any atom is -0.350 e. The number of aromatic nitrogens is 3. The van der Waals surface area contributed by atoms with Gasteiger partial charge in [-0.2, -0.15) is 4.98 Å². The highest BCUT2D eigenvalue weighted by atomic mass is 19.3. The fourth-order valence-electron chi connectivity index (χ4n) is 1.58. The van der Waals surface area contributed by atoms with Crippen molar-refractivity contribution in [3.63, 3.8) is 0 Å². The fourth-order valence-corrected chi connectivity index (χ4v) is 1.58. The number of nitrogens with one attached hydrogen (secondary N) is 1. The Morgan fingerprint density at radius 2 is 2.09 bits per heavy atom. The number of carbonyl (C=O) groups is 1. The lowest BCUT2D eigenvalue weighted by atomic mass is 10.2. The number of nitrogens with zero attached hydrogens (tertiary/aromatic N) is 3. The molecule has 0 bridgehead atoms. The van der Waals surface area contributed by atoms with E-state index in [9.17, 15) is 13.6 Å². The lowest BCUT2D eigenvalue weighted by molar-refractivity contribution is -0.122. The number of hydrogen-bond acceptors (Lipinski definition) is 6. The number of hydrogen-bond donors (Lipinski definition) is 2. The van der Waals surface area contributed by atoms with Crippen LogP contribution in [0.5, 0.6) is 0 Å². The van der Waals surface area contributed by atoms with E-state index >= 15 is 0 Å². The second-order valence-electron chi connectivity index (χ2n) is 4.58. The van der Waals surface area contributed by atoms with Crippen LogP contribution in [0.25, 0.3) is 11.4 Å². The van der Waals surface area contributed by atoms with E-state index in [0.29, 0.717) is 5.82 Å². The van der Waals surface area contributed by atoms with Gasteiger partial charge in [-0.05, 0) is 12.1 Å². The molecule has 1 amide bonds. The molecule has 0 fully saturated rings. The van der Waals surface area contributed by atoms with Crippen LogP contribution in [0.2, 0.25) is 0 Å². The number of nitrogens with two attached hydrogens (primary N) is 1. The maximum Gasteiger partial charge on any atom is 0.277 e. The lowest BCUT2D eigenvalue weighted by Gasteiger charge is -2.14. The molecule has 0 aliphatic carbocycles. The second kappa shape index (κ2) is 7.03. The molecule has 2 aromatic rings. The SMILES string of the molecule is NCC(F)(F)CNC(=O)CCc1nc(-c2ccncc2)no1. The summed E-state index contributed by atoms with van der Waals surface area (Å²) < 4.78 is 30.8. The quantitative estimate of drug-likeness (QED) is 0.782. The Bertz CT molecular complexity index is 618. The Kier molecular flexibility index (Phi) is 5.10. The molecule has 9 heteroatoms. The van der Waals surface area contributed by atoms with Gasteiger partial charge in [-0.3, -0.25) is 9.78 Å². The van der Waals surface area contributed by atoms with Gasteiger partial charge in [0.15, 0.2) is 0 Å². The summed E-state index contributed by atoms with van der Waals surface area (Å²) in [4.78, 5) is 19.5. The van der Waals surface area contributed by atoms with E-state index < -0.39 is 24.9 Å². The van der Waals surface area contributed by atoms with Gasteiger partial charge in [0, 0.05) is 30.8 Å². The van der Waals surface area contributed by atoms with Gasteiger partial charge in [-0.1, -0.05) is 5.16 Å². The maximum atomic E-state index is 12.9. The first-order valence-electron chi connectivity index (χ1n) is 6.58. The van der Waals surface area contributed by atoms with Crippen LogP contribution >= 0.6 is 0 Å². The van der Waals surface area contributed by atoms with Crippen LogP contribution in [0.4, 0.5) is 8.78 Å². The Balaban J connectivity index is 1.83. The summed E-state index contributed by atoms with van der Waals surface area (Å²) in [5, 5.41) is 5.90. The van der Waals surface area contributed by atoms with E-state index in [1.54, 1.807) is 24.5 Å². The van der Waals surface area contributed by atoms with Crippen molar-refractivity contribution in [1.82, 2.24) is 20.4 Å². The Morgan fingerprint density at radius 3 is 2.77 bits per heavy atom. The van der Waals surface area contributed by atoms with Crippen molar-refractivity contribution in [2.45, 2.75) is 18.8 Å². The highest BCUT2D eigenvalue weighted by Gasteiger charge is 2.27. The zero-order valence-corrected chi connectivity index (χ0v) is 11.6. The van der Waals surface area contributed by atoms with Gasteiger partial charge < -0.3 is 15.6 Å². The van der Waals surface area contributed by atoms with E-state index in [2.05, 4.69) is 20.4 Å². The molecule has 22 heavy (non-hydrogen) atoms. The van der Waals surface area contributed by atoms with Crippen molar-refractivity contribution >= 4 is 5.91 Å². The smallest absolute Gasteiger partial charge is 0.277 e. The first kappa shape index (κ1) is 16.0. The normalized spacial score (nSPS) is 11.4. The van der Waals surface area contributed by atoms with E-state index in [1.807, 2.05) is 0 Å². The number of halogens is 2.